The molecule has 2 N–H and O–H groups in total. The molecule has 1 aromatic heterocycles. The van der Waals surface area contributed by atoms with Gasteiger partial charge in [-0.15, -0.1) is 0 Å². The Labute approximate surface area is 125 Å². The number of amides is 1. The van der Waals surface area contributed by atoms with Crippen LogP contribution < -0.4 is 15.5 Å². The number of para-hydroxylation sites is 1. The number of aliphatic carboxylic acids is 2. The number of rotatable bonds is 7. The smallest absolute Gasteiger partial charge is 0.220 e. The first kappa shape index (κ1) is 15.6. The Hall–Kier alpha value is -2.83. The maximum absolute atomic E-state index is 11.6. The fraction of sp³-hybridized carbons (Fsp3) is 0.267. The van der Waals surface area contributed by atoms with Gasteiger partial charge in [-0.1, -0.05) is 18.2 Å². The first-order valence-corrected chi connectivity index (χ1v) is 6.72. The van der Waals surface area contributed by atoms with E-state index in [2.05, 4.69) is 10.3 Å². The molecule has 0 saturated heterocycles. The van der Waals surface area contributed by atoms with Crippen LogP contribution in [-0.4, -0.2) is 28.9 Å². The molecule has 0 aliphatic rings. The number of benzene rings is 1. The third-order valence-corrected chi connectivity index (χ3v) is 3.27. The highest BCUT2D eigenvalue weighted by Crippen LogP contribution is 2.19. The van der Waals surface area contributed by atoms with Crippen LogP contribution in [0.15, 0.2) is 30.5 Å². The number of carboxylic acid groups (broad SMARTS) is 2. The summed E-state index contributed by atoms with van der Waals surface area (Å²) in [6.45, 7) is 0. The molecule has 1 amide bonds. The molecule has 1 aromatic carbocycles. The lowest BCUT2D eigenvalue weighted by Crippen LogP contribution is -2.49. The number of carbonyl (C=O) groups is 3. The van der Waals surface area contributed by atoms with Crippen molar-refractivity contribution in [2.24, 2.45) is 0 Å². The lowest BCUT2D eigenvalue weighted by atomic mass is 10.0. The van der Waals surface area contributed by atoms with Crippen molar-refractivity contribution < 1.29 is 24.6 Å². The molecular formula is C15H14N2O5-2. The molecular weight excluding hydrogens is 288 g/mol. The summed E-state index contributed by atoms with van der Waals surface area (Å²) in [4.78, 5) is 36.0. The number of H-pyrrole nitrogens is 1. The summed E-state index contributed by atoms with van der Waals surface area (Å²) in [6.07, 6.45) is 0.927. The van der Waals surface area contributed by atoms with Gasteiger partial charge in [0.25, 0.3) is 0 Å². The number of carboxylic acids is 2. The number of hydrogen-bond donors (Lipinski definition) is 2. The van der Waals surface area contributed by atoms with Gasteiger partial charge in [-0.3, -0.25) is 4.79 Å². The maximum atomic E-state index is 11.6. The third-order valence-electron chi connectivity index (χ3n) is 3.27. The van der Waals surface area contributed by atoms with E-state index in [1.165, 1.54) is 0 Å². The average molecular weight is 302 g/mol. The number of fused-ring (bicyclic) bond motifs is 1. The quantitative estimate of drug-likeness (QED) is 0.642. The molecule has 0 bridgehead atoms. The van der Waals surface area contributed by atoms with E-state index < -0.39 is 30.3 Å². The molecule has 1 heterocycles. The van der Waals surface area contributed by atoms with Gasteiger partial charge in [0.2, 0.25) is 5.91 Å². The third kappa shape index (κ3) is 3.85. The van der Waals surface area contributed by atoms with E-state index in [0.29, 0.717) is 0 Å². The van der Waals surface area contributed by atoms with E-state index in [-0.39, 0.29) is 12.8 Å². The van der Waals surface area contributed by atoms with Gasteiger partial charge >= 0.3 is 0 Å². The molecule has 0 unspecified atom stereocenters. The van der Waals surface area contributed by atoms with E-state index in [1.54, 1.807) is 6.20 Å². The van der Waals surface area contributed by atoms with Gasteiger partial charge in [-0.2, -0.15) is 0 Å². The molecule has 2 rings (SSSR count). The van der Waals surface area contributed by atoms with Crippen LogP contribution in [0, 0.1) is 0 Å². The van der Waals surface area contributed by atoms with Crippen molar-refractivity contribution in [1.82, 2.24) is 10.3 Å². The van der Waals surface area contributed by atoms with E-state index in [1.807, 2.05) is 24.3 Å². The number of nitrogens with one attached hydrogen (secondary N) is 2. The lowest BCUT2D eigenvalue weighted by Gasteiger charge is -2.19. The molecule has 116 valence electrons. The van der Waals surface area contributed by atoms with Gasteiger partial charge in [0.05, 0.1) is 12.0 Å². The monoisotopic (exact) mass is 302 g/mol. The van der Waals surface area contributed by atoms with Crippen LogP contribution in [0.3, 0.4) is 0 Å². The molecule has 7 heteroatoms. The minimum Gasteiger partial charge on any atom is -0.550 e. The second-order valence-electron chi connectivity index (χ2n) is 4.87. The molecule has 0 spiro atoms. The predicted molar refractivity (Wildman–Crippen MR) is 73.2 cm³/mol. The Morgan fingerprint density at radius 2 is 1.86 bits per heavy atom. The van der Waals surface area contributed by atoms with Crippen molar-refractivity contribution in [3.05, 3.63) is 36.0 Å². The Balaban J connectivity index is 2.07. The van der Waals surface area contributed by atoms with Crippen LogP contribution in [0.5, 0.6) is 0 Å². The largest absolute Gasteiger partial charge is 0.550 e. The summed E-state index contributed by atoms with van der Waals surface area (Å²) in [5.41, 5.74) is 1.59. The molecule has 22 heavy (non-hydrogen) atoms. The van der Waals surface area contributed by atoms with E-state index >= 15 is 0 Å². The highest BCUT2D eigenvalue weighted by molar-refractivity contribution is 5.87. The molecule has 7 nitrogen and oxygen atoms in total. The fourth-order valence-electron chi connectivity index (χ4n) is 2.20. The van der Waals surface area contributed by atoms with Crippen LogP contribution in [-0.2, 0) is 20.8 Å². The second-order valence-corrected chi connectivity index (χ2v) is 4.87. The van der Waals surface area contributed by atoms with Crippen molar-refractivity contribution in [2.45, 2.75) is 25.3 Å². The van der Waals surface area contributed by atoms with Crippen LogP contribution >= 0.6 is 0 Å². The van der Waals surface area contributed by atoms with Gasteiger partial charge in [0.1, 0.15) is 0 Å². The van der Waals surface area contributed by atoms with E-state index in [4.69, 9.17) is 0 Å². The molecule has 0 saturated carbocycles. The SMILES string of the molecule is O=C([O-])CCC(=O)N[C@@H](Cc1c[nH]c2ccccc12)C(=O)[O-]. The summed E-state index contributed by atoms with van der Waals surface area (Å²) in [7, 11) is 0. The standard InChI is InChI=1S/C15H16N2O5/c18-13(5-6-14(19)20)17-12(15(21)22)7-9-8-16-11-4-2-1-3-10(9)11/h1-4,8,12,16H,5-7H2,(H,17,18)(H,19,20)(H,21,22)/p-2/t12-/m0/s1. The summed E-state index contributed by atoms with van der Waals surface area (Å²) < 4.78 is 0. The number of carbonyl (C=O) groups excluding carboxylic acids is 3. The number of aromatic nitrogens is 1. The normalized spacial score (nSPS) is 12.0. The summed E-state index contributed by atoms with van der Waals surface area (Å²) in [5, 5.41) is 24.6. The minimum atomic E-state index is -1.42. The average Bonchev–Trinajstić information content (AvgIpc) is 2.87. The van der Waals surface area contributed by atoms with Crippen molar-refractivity contribution in [2.75, 3.05) is 0 Å². The molecule has 1 atom stereocenters. The summed E-state index contributed by atoms with van der Waals surface area (Å²) >= 11 is 0. The highest BCUT2D eigenvalue weighted by atomic mass is 16.4. The maximum Gasteiger partial charge on any atom is 0.220 e. The van der Waals surface area contributed by atoms with Crippen molar-refractivity contribution >= 4 is 28.7 Å². The molecule has 0 fully saturated rings. The minimum absolute atomic E-state index is 0.0450. The van der Waals surface area contributed by atoms with Crippen molar-refractivity contribution in [3.63, 3.8) is 0 Å². The van der Waals surface area contributed by atoms with Crippen LogP contribution in [0.25, 0.3) is 10.9 Å². The first-order chi connectivity index (χ1) is 10.5. The zero-order chi connectivity index (χ0) is 16.1. The Bertz CT molecular complexity index is 707. The molecule has 2 aromatic rings. The topological polar surface area (TPSA) is 125 Å². The van der Waals surface area contributed by atoms with Gasteiger partial charge in [-0.05, 0) is 18.1 Å². The summed E-state index contributed by atoms with van der Waals surface area (Å²) in [6, 6.07) is 6.14. The Kier molecular flexibility index (Phi) is 4.77. The van der Waals surface area contributed by atoms with E-state index in [9.17, 15) is 24.6 Å². The second kappa shape index (κ2) is 6.75. The van der Waals surface area contributed by atoms with Gasteiger partial charge in [0, 0.05) is 35.9 Å². The predicted octanol–water partition coefficient (Wildman–Crippen LogP) is -1.52. The first-order valence-electron chi connectivity index (χ1n) is 6.72. The van der Waals surface area contributed by atoms with Crippen LogP contribution in [0.2, 0.25) is 0 Å². The van der Waals surface area contributed by atoms with Gasteiger partial charge < -0.3 is 30.1 Å². The molecule has 0 aliphatic carbocycles. The van der Waals surface area contributed by atoms with E-state index in [0.717, 1.165) is 16.5 Å². The molecule has 0 aliphatic heterocycles. The van der Waals surface area contributed by atoms with Gasteiger partial charge in [0.15, 0.2) is 0 Å². The fourth-order valence-corrected chi connectivity index (χ4v) is 2.20. The highest BCUT2D eigenvalue weighted by Gasteiger charge is 2.16. The number of hydrogen-bond acceptors (Lipinski definition) is 5. The zero-order valence-corrected chi connectivity index (χ0v) is 11.6. The zero-order valence-electron chi connectivity index (χ0n) is 11.6. The van der Waals surface area contributed by atoms with Crippen LogP contribution in [0.4, 0.5) is 0 Å². The Morgan fingerprint density at radius 1 is 1.14 bits per heavy atom. The number of aromatic amines is 1. The molecule has 0 radical (unpaired) electrons. The lowest BCUT2D eigenvalue weighted by molar-refractivity contribution is -0.308. The Morgan fingerprint density at radius 3 is 2.55 bits per heavy atom. The van der Waals surface area contributed by atoms with Crippen molar-refractivity contribution in [3.8, 4) is 0 Å². The van der Waals surface area contributed by atoms with Crippen molar-refractivity contribution in [1.29, 1.82) is 0 Å². The van der Waals surface area contributed by atoms with Gasteiger partial charge in [-0.25, -0.2) is 0 Å². The summed E-state index contributed by atoms with van der Waals surface area (Å²) in [5.74, 6) is -3.46. The van der Waals surface area contributed by atoms with Crippen LogP contribution in [0.1, 0.15) is 18.4 Å².